The maximum Gasteiger partial charge on any atom is 0.270 e. The molecule has 0 saturated carbocycles. The van der Waals surface area contributed by atoms with Crippen LogP contribution in [0.15, 0.2) is 84.9 Å². The van der Waals surface area contributed by atoms with Crippen molar-refractivity contribution in [1.29, 1.82) is 0 Å². The number of hydrogen-bond donors (Lipinski definition) is 1. The number of nitro groups is 1. The predicted octanol–water partition coefficient (Wildman–Crippen LogP) is 5.16. The number of phenols is 1. The molecule has 0 radical (unpaired) electrons. The molecule has 9 nitrogen and oxygen atoms in total. The minimum atomic E-state index is -0.492. The van der Waals surface area contributed by atoms with Crippen molar-refractivity contribution in [3.05, 3.63) is 97.2 Å². The van der Waals surface area contributed by atoms with Gasteiger partial charge in [-0.25, -0.2) is 0 Å². The van der Waals surface area contributed by atoms with Crippen LogP contribution in [0.1, 0.15) is 16.9 Å². The molecule has 3 aromatic rings. The molecule has 1 amide bonds. The van der Waals surface area contributed by atoms with Gasteiger partial charge in [-0.1, -0.05) is 28.1 Å². The van der Waals surface area contributed by atoms with E-state index < -0.39 is 4.92 Å². The van der Waals surface area contributed by atoms with E-state index in [0.29, 0.717) is 27.0 Å². The standard InChI is InChI=1S/C22H15BrN4O5S/c23-16-6-7-19(28)15(10-16)11-20-21(29)26(13-18-5-2-8-32-18)22(33-20)25-24-12-14-3-1-4-17(9-14)27(30)31/h1-12,28H,13H2/b20-11-,24-12-,25-22+. The average molecular weight is 527 g/mol. The molecule has 166 valence electrons. The van der Waals surface area contributed by atoms with Gasteiger partial charge >= 0.3 is 0 Å². The molecule has 1 aliphatic rings. The largest absolute Gasteiger partial charge is 0.507 e. The number of hydrogen-bond acceptors (Lipinski definition) is 8. The zero-order valence-electron chi connectivity index (χ0n) is 16.8. The first kappa shape index (κ1) is 22.5. The quantitative estimate of drug-likeness (QED) is 0.205. The highest BCUT2D eigenvalue weighted by Crippen LogP contribution is 2.35. The summed E-state index contributed by atoms with van der Waals surface area (Å²) in [6.45, 7) is 0.145. The Morgan fingerprint density at radius 1 is 1.21 bits per heavy atom. The molecule has 0 bridgehead atoms. The van der Waals surface area contributed by atoms with Crippen LogP contribution in [0.2, 0.25) is 0 Å². The molecule has 1 saturated heterocycles. The lowest BCUT2D eigenvalue weighted by atomic mass is 10.2. The van der Waals surface area contributed by atoms with Gasteiger partial charge in [-0.3, -0.25) is 19.8 Å². The zero-order valence-corrected chi connectivity index (χ0v) is 19.2. The Hall–Kier alpha value is -3.70. The molecule has 2 heterocycles. The fourth-order valence-electron chi connectivity index (χ4n) is 2.93. The second-order valence-corrected chi connectivity index (χ2v) is 8.69. The van der Waals surface area contributed by atoms with Crippen LogP contribution in [0.5, 0.6) is 5.75 Å². The molecular weight excluding hydrogens is 512 g/mol. The molecule has 0 atom stereocenters. The number of aromatic hydroxyl groups is 1. The Kier molecular flexibility index (Phi) is 6.71. The third-order valence-electron chi connectivity index (χ3n) is 4.49. The van der Waals surface area contributed by atoms with Crippen molar-refractivity contribution in [1.82, 2.24) is 4.90 Å². The summed E-state index contributed by atoms with van der Waals surface area (Å²) in [5, 5.41) is 29.6. The van der Waals surface area contributed by atoms with Crippen LogP contribution in [0, 0.1) is 10.1 Å². The maximum atomic E-state index is 13.1. The Morgan fingerprint density at radius 3 is 2.82 bits per heavy atom. The van der Waals surface area contributed by atoms with Crippen LogP contribution < -0.4 is 0 Å². The highest BCUT2D eigenvalue weighted by Gasteiger charge is 2.34. The maximum absolute atomic E-state index is 13.1. The molecule has 0 aliphatic carbocycles. The summed E-state index contributed by atoms with van der Waals surface area (Å²) in [5.74, 6) is 0.275. The van der Waals surface area contributed by atoms with E-state index in [1.165, 1.54) is 35.6 Å². The van der Waals surface area contributed by atoms with Crippen molar-refractivity contribution in [3.8, 4) is 5.75 Å². The summed E-state index contributed by atoms with van der Waals surface area (Å²) >= 11 is 4.45. The van der Waals surface area contributed by atoms with Crippen LogP contribution >= 0.6 is 27.7 Å². The molecule has 33 heavy (non-hydrogen) atoms. The number of furan rings is 1. The molecule has 1 aromatic heterocycles. The first-order valence-electron chi connectivity index (χ1n) is 9.48. The molecule has 11 heteroatoms. The highest BCUT2D eigenvalue weighted by atomic mass is 79.9. The van der Waals surface area contributed by atoms with Gasteiger partial charge in [0.05, 0.1) is 28.9 Å². The first-order valence-corrected chi connectivity index (χ1v) is 11.1. The highest BCUT2D eigenvalue weighted by molar-refractivity contribution is 9.10. The van der Waals surface area contributed by atoms with Crippen molar-refractivity contribution in [2.75, 3.05) is 0 Å². The van der Waals surface area contributed by atoms with Crippen molar-refractivity contribution >= 4 is 56.7 Å². The molecule has 2 aromatic carbocycles. The SMILES string of the molecule is O=C1/C(=C/c2cc(Br)ccc2O)S/C(=N/N=C\c2cccc([N+](=O)[O-])c2)N1Cc1ccco1. The minimum absolute atomic E-state index is 0.0331. The van der Waals surface area contributed by atoms with Crippen molar-refractivity contribution in [3.63, 3.8) is 0 Å². The molecule has 0 spiro atoms. The summed E-state index contributed by atoms with van der Waals surface area (Å²) < 4.78 is 6.12. The van der Waals surface area contributed by atoms with Crippen molar-refractivity contribution in [2.45, 2.75) is 6.54 Å². The summed E-state index contributed by atoms with van der Waals surface area (Å²) in [4.78, 5) is 25.3. The Bertz CT molecular complexity index is 1300. The summed E-state index contributed by atoms with van der Waals surface area (Å²) in [7, 11) is 0. The topological polar surface area (TPSA) is 122 Å². The summed E-state index contributed by atoms with van der Waals surface area (Å²) in [6.07, 6.45) is 4.46. The molecule has 1 aliphatic heterocycles. The second-order valence-electron chi connectivity index (χ2n) is 6.76. The average Bonchev–Trinajstić information content (AvgIpc) is 3.41. The summed E-state index contributed by atoms with van der Waals surface area (Å²) in [5.41, 5.74) is 0.908. The van der Waals surface area contributed by atoms with Gasteiger partial charge in [0.1, 0.15) is 11.5 Å². The van der Waals surface area contributed by atoms with Gasteiger partial charge < -0.3 is 9.52 Å². The smallest absolute Gasteiger partial charge is 0.270 e. The van der Waals surface area contributed by atoms with E-state index >= 15 is 0 Å². The Morgan fingerprint density at radius 2 is 2.06 bits per heavy atom. The van der Waals surface area contributed by atoms with Gasteiger partial charge in [-0.05, 0) is 48.2 Å². The monoisotopic (exact) mass is 526 g/mol. The number of carbonyl (C=O) groups excluding carboxylic acids is 1. The molecule has 0 unspecified atom stereocenters. The van der Waals surface area contributed by atoms with E-state index in [1.807, 2.05) is 0 Å². The predicted molar refractivity (Wildman–Crippen MR) is 129 cm³/mol. The number of thioether (sulfide) groups is 1. The lowest BCUT2D eigenvalue weighted by Gasteiger charge is -2.12. The van der Waals surface area contributed by atoms with E-state index in [-0.39, 0.29) is 23.9 Å². The normalized spacial score (nSPS) is 16.4. The second kappa shape index (κ2) is 9.84. The van der Waals surface area contributed by atoms with E-state index in [0.717, 1.165) is 16.2 Å². The van der Waals surface area contributed by atoms with E-state index in [1.54, 1.807) is 42.5 Å². The first-order chi connectivity index (χ1) is 15.9. The fourth-order valence-corrected chi connectivity index (χ4v) is 4.23. The number of rotatable bonds is 6. The number of non-ortho nitro benzene ring substituents is 1. The van der Waals surface area contributed by atoms with Gasteiger partial charge in [0.2, 0.25) is 0 Å². The van der Waals surface area contributed by atoms with Crippen LogP contribution in [0.4, 0.5) is 5.69 Å². The van der Waals surface area contributed by atoms with Crippen LogP contribution in [0.25, 0.3) is 6.08 Å². The third-order valence-corrected chi connectivity index (χ3v) is 5.98. The van der Waals surface area contributed by atoms with Gasteiger partial charge in [0, 0.05) is 27.7 Å². The van der Waals surface area contributed by atoms with Gasteiger partial charge in [-0.2, -0.15) is 5.10 Å². The van der Waals surface area contributed by atoms with Crippen molar-refractivity contribution < 1.29 is 19.2 Å². The lowest BCUT2D eigenvalue weighted by molar-refractivity contribution is -0.384. The number of amides is 1. The number of carbonyl (C=O) groups is 1. The van der Waals surface area contributed by atoms with E-state index in [4.69, 9.17) is 4.42 Å². The van der Waals surface area contributed by atoms with Crippen LogP contribution in [-0.2, 0) is 11.3 Å². The Balaban J connectivity index is 1.64. The number of halogens is 1. The van der Waals surface area contributed by atoms with E-state index in [9.17, 15) is 20.0 Å². The van der Waals surface area contributed by atoms with Gasteiger partial charge in [0.15, 0.2) is 5.17 Å². The molecule has 4 rings (SSSR count). The van der Waals surface area contributed by atoms with E-state index in [2.05, 4.69) is 26.1 Å². The number of amidine groups is 1. The third kappa shape index (κ3) is 5.38. The molecule has 1 N–H and O–H groups in total. The van der Waals surface area contributed by atoms with Crippen molar-refractivity contribution in [2.24, 2.45) is 10.2 Å². The fraction of sp³-hybridized carbons (Fsp3) is 0.0455. The minimum Gasteiger partial charge on any atom is -0.507 e. The van der Waals surface area contributed by atoms with Gasteiger partial charge in [0.25, 0.3) is 11.6 Å². The van der Waals surface area contributed by atoms with Crippen LogP contribution in [0.3, 0.4) is 0 Å². The number of benzene rings is 2. The zero-order chi connectivity index (χ0) is 23.4. The number of nitrogens with zero attached hydrogens (tertiary/aromatic N) is 4. The molecule has 1 fully saturated rings. The van der Waals surface area contributed by atoms with Gasteiger partial charge in [-0.15, -0.1) is 5.10 Å². The van der Waals surface area contributed by atoms with Crippen LogP contribution in [-0.4, -0.2) is 32.2 Å². The Labute approximate surface area is 200 Å². The lowest BCUT2D eigenvalue weighted by Crippen LogP contribution is -2.28. The molecular formula is C22H15BrN4O5S. The number of phenolic OH excluding ortho intramolecular Hbond substituents is 1. The summed E-state index contributed by atoms with van der Waals surface area (Å²) in [6, 6.07) is 14.3. The number of nitro benzene ring substituents is 1.